The standard InChI is InChI=1S/C23H26N2O4/c1-13-10-16(13)20-8-6-15(29-20)12-25(14-4-5-14)23(26)19-11-17-18(24-19)7-9-21(27-2)22(17)28-3/h6-9,11,13-14,16,24H,4-5,10,12H2,1-3H3/t13-,16-/m0/s1. The van der Waals surface area contributed by atoms with Gasteiger partial charge in [0.1, 0.15) is 17.2 Å². The normalized spacial score (nSPS) is 20.7. The van der Waals surface area contributed by atoms with Crippen LogP contribution in [0.5, 0.6) is 11.5 Å². The van der Waals surface area contributed by atoms with Crippen LogP contribution in [0.25, 0.3) is 10.9 Å². The first-order valence-corrected chi connectivity index (χ1v) is 10.2. The predicted molar refractivity (Wildman–Crippen MR) is 110 cm³/mol. The van der Waals surface area contributed by atoms with Crippen molar-refractivity contribution in [3.63, 3.8) is 0 Å². The summed E-state index contributed by atoms with van der Waals surface area (Å²) in [5.41, 5.74) is 1.41. The first-order valence-electron chi connectivity index (χ1n) is 10.2. The van der Waals surface area contributed by atoms with Crippen molar-refractivity contribution in [1.29, 1.82) is 0 Å². The number of fused-ring (bicyclic) bond motifs is 1. The van der Waals surface area contributed by atoms with Gasteiger partial charge in [-0.1, -0.05) is 6.92 Å². The number of nitrogens with one attached hydrogen (secondary N) is 1. The highest BCUT2D eigenvalue weighted by molar-refractivity contribution is 6.00. The third-order valence-corrected chi connectivity index (χ3v) is 6.10. The molecule has 0 saturated heterocycles. The maximum Gasteiger partial charge on any atom is 0.270 e. The summed E-state index contributed by atoms with van der Waals surface area (Å²) >= 11 is 0. The second kappa shape index (κ2) is 6.87. The molecule has 0 spiro atoms. The minimum Gasteiger partial charge on any atom is -0.493 e. The molecule has 2 aliphatic rings. The first kappa shape index (κ1) is 18.2. The van der Waals surface area contributed by atoms with Gasteiger partial charge in [0.2, 0.25) is 0 Å². The smallest absolute Gasteiger partial charge is 0.270 e. The summed E-state index contributed by atoms with van der Waals surface area (Å²) < 4.78 is 16.9. The number of hydrogen-bond acceptors (Lipinski definition) is 4. The van der Waals surface area contributed by atoms with E-state index in [-0.39, 0.29) is 11.9 Å². The van der Waals surface area contributed by atoms with Crippen molar-refractivity contribution in [2.75, 3.05) is 14.2 Å². The largest absolute Gasteiger partial charge is 0.493 e. The quantitative estimate of drug-likeness (QED) is 0.630. The third-order valence-electron chi connectivity index (χ3n) is 6.10. The lowest BCUT2D eigenvalue weighted by Gasteiger charge is -2.20. The number of carbonyl (C=O) groups excluding carboxylic acids is 1. The zero-order valence-electron chi connectivity index (χ0n) is 17.0. The average molecular weight is 394 g/mol. The second-order valence-electron chi connectivity index (χ2n) is 8.23. The number of hydrogen-bond donors (Lipinski definition) is 1. The number of amides is 1. The molecule has 2 saturated carbocycles. The second-order valence-corrected chi connectivity index (χ2v) is 8.23. The van der Waals surface area contributed by atoms with Crippen LogP contribution in [0.2, 0.25) is 0 Å². The molecule has 0 radical (unpaired) electrons. The fourth-order valence-corrected chi connectivity index (χ4v) is 4.12. The van der Waals surface area contributed by atoms with Gasteiger partial charge in [-0.15, -0.1) is 0 Å². The lowest BCUT2D eigenvalue weighted by atomic mass is 10.2. The van der Waals surface area contributed by atoms with Crippen molar-refractivity contribution in [3.05, 3.63) is 47.5 Å². The van der Waals surface area contributed by atoms with Crippen LogP contribution >= 0.6 is 0 Å². The van der Waals surface area contributed by atoms with Crippen LogP contribution in [0.3, 0.4) is 0 Å². The Hall–Kier alpha value is -2.89. The van der Waals surface area contributed by atoms with E-state index >= 15 is 0 Å². The molecular formula is C23H26N2O4. The topological polar surface area (TPSA) is 67.7 Å². The summed E-state index contributed by atoms with van der Waals surface area (Å²) in [6.45, 7) is 2.74. The summed E-state index contributed by atoms with van der Waals surface area (Å²) in [5.74, 6) is 4.43. The van der Waals surface area contributed by atoms with Gasteiger partial charge in [0.05, 0.1) is 26.3 Å². The van der Waals surface area contributed by atoms with Gasteiger partial charge in [-0.05, 0) is 55.5 Å². The Labute approximate surface area is 169 Å². The lowest BCUT2D eigenvalue weighted by molar-refractivity contribution is 0.0711. The third kappa shape index (κ3) is 3.26. The Morgan fingerprint density at radius 2 is 2.00 bits per heavy atom. The monoisotopic (exact) mass is 394 g/mol. The maximum absolute atomic E-state index is 13.3. The van der Waals surface area contributed by atoms with E-state index in [4.69, 9.17) is 13.9 Å². The van der Waals surface area contributed by atoms with Crippen LogP contribution in [0.1, 0.15) is 54.1 Å². The van der Waals surface area contributed by atoms with E-state index in [9.17, 15) is 4.79 Å². The van der Waals surface area contributed by atoms with Crippen molar-refractivity contribution in [2.45, 2.75) is 44.7 Å². The maximum atomic E-state index is 13.3. The van der Waals surface area contributed by atoms with Crippen LogP contribution in [-0.2, 0) is 6.54 Å². The van der Waals surface area contributed by atoms with Gasteiger partial charge >= 0.3 is 0 Å². The Balaban J connectivity index is 1.42. The number of benzene rings is 1. The van der Waals surface area contributed by atoms with Crippen molar-refractivity contribution in [2.24, 2.45) is 5.92 Å². The highest BCUT2D eigenvalue weighted by Crippen LogP contribution is 2.47. The fraction of sp³-hybridized carbons (Fsp3) is 0.435. The summed E-state index contributed by atoms with van der Waals surface area (Å²) in [4.78, 5) is 18.5. The number of nitrogens with zero attached hydrogens (tertiary/aromatic N) is 1. The van der Waals surface area contributed by atoms with Gasteiger partial charge in [-0.25, -0.2) is 0 Å². The number of aromatic nitrogens is 1. The van der Waals surface area contributed by atoms with E-state index in [1.54, 1.807) is 14.2 Å². The van der Waals surface area contributed by atoms with Gasteiger partial charge in [-0.2, -0.15) is 0 Å². The SMILES string of the molecule is COc1ccc2[nH]c(C(=O)N(Cc3ccc([C@H]4C[C@@H]4C)o3)C3CC3)cc2c1OC. The van der Waals surface area contributed by atoms with Crippen molar-refractivity contribution in [3.8, 4) is 11.5 Å². The summed E-state index contributed by atoms with van der Waals surface area (Å²) in [6, 6.07) is 9.96. The number of methoxy groups -OCH3 is 2. The summed E-state index contributed by atoms with van der Waals surface area (Å²) in [7, 11) is 3.22. The Bertz CT molecular complexity index is 1060. The van der Waals surface area contributed by atoms with E-state index in [1.807, 2.05) is 29.2 Å². The van der Waals surface area contributed by atoms with Crippen LogP contribution in [0.4, 0.5) is 0 Å². The van der Waals surface area contributed by atoms with Crippen LogP contribution in [-0.4, -0.2) is 36.1 Å². The summed E-state index contributed by atoms with van der Waals surface area (Å²) in [6.07, 6.45) is 3.27. The van der Waals surface area contributed by atoms with E-state index in [0.717, 1.165) is 35.3 Å². The number of rotatable bonds is 7. The highest BCUT2D eigenvalue weighted by Gasteiger charge is 2.38. The molecule has 152 valence electrons. The molecule has 6 nitrogen and oxygen atoms in total. The zero-order valence-corrected chi connectivity index (χ0v) is 17.0. The molecule has 3 aromatic rings. The minimum absolute atomic E-state index is 0.0116. The molecule has 2 aromatic heterocycles. The van der Waals surface area contributed by atoms with E-state index in [0.29, 0.717) is 35.6 Å². The summed E-state index contributed by atoms with van der Waals surface area (Å²) in [5, 5.41) is 0.842. The molecule has 1 N–H and O–H groups in total. The Kier molecular flexibility index (Phi) is 4.30. The highest BCUT2D eigenvalue weighted by atomic mass is 16.5. The van der Waals surface area contributed by atoms with Crippen molar-refractivity contribution >= 4 is 16.8 Å². The van der Waals surface area contributed by atoms with E-state index in [2.05, 4.69) is 18.0 Å². The molecular weight excluding hydrogens is 368 g/mol. The van der Waals surface area contributed by atoms with E-state index in [1.165, 1.54) is 6.42 Å². The Morgan fingerprint density at radius 3 is 2.66 bits per heavy atom. The molecule has 0 aliphatic heterocycles. The molecule has 2 fully saturated rings. The fourth-order valence-electron chi connectivity index (χ4n) is 4.12. The number of H-pyrrole nitrogens is 1. The molecule has 2 aliphatic carbocycles. The molecule has 0 bridgehead atoms. The molecule has 1 amide bonds. The average Bonchev–Trinajstić information content (AvgIpc) is 3.61. The van der Waals surface area contributed by atoms with Gasteiger partial charge in [0.25, 0.3) is 5.91 Å². The first-order chi connectivity index (χ1) is 14.1. The number of furan rings is 1. The van der Waals surface area contributed by atoms with Crippen LogP contribution in [0, 0.1) is 5.92 Å². The minimum atomic E-state index is -0.0116. The van der Waals surface area contributed by atoms with Crippen molar-refractivity contribution in [1.82, 2.24) is 9.88 Å². The number of ether oxygens (including phenoxy) is 2. The van der Waals surface area contributed by atoms with Crippen LogP contribution < -0.4 is 9.47 Å². The molecule has 2 heterocycles. The molecule has 1 aromatic carbocycles. The zero-order chi connectivity index (χ0) is 20.1. The Morgan fingerprint density at radius 1 is 1.21 bits per heavy atom. The van der Waals surface area contributed by atoms with Gasteiger partial charge in [-0.3, -0.25) is 4.79 Å². The molecule has 29 heavy (non-hydrogen) atoms. The van der Waals surface area contributed by atoms with Gasteiger partial charge in [0.15, 0.2) is 11.5 Å². The predicted octanol–water partition coefficient (Wildman–Crippen LogP) is 4.71. The van der Waals surface area contributed by atoms with Crippen molar-refractivity contribution < 1.29 is 18.7 Å². The molecule has 6 heteroatoms. The van der Waals surface area contributed by atoms with Gasteiger partial charge in [0, 0.05) is 17.3 Å². The van der Waals surface area contributed by atoms with Crippen LogP contribution in [0.15, 0.2) is 34.7 Å². The number of aromatic amines is 1. The van der Waals surface area contributed by atoms with E-state index < -0.39 is 0 Å². The molecule has 2 atom stereocenters. The molecule has 5 rings (SSSR count). The van der Waals surface area contributed by atoms with Gasteiger partial charge < -0.3 is 23.8 Å². The number of carbonyl (C=O) groups is 1. The molecule has 0 unspecified atom stereocenters. The lowest BCUT2D eigenvalue weighted by Crippen LogP contribution is -2.32.